The van der Waals surface area contributed by atoms with E-state index in [-0.39, 0.29) is 5.91 Å². The second-order valence-corrected chi connectivity index (χ2v) is 9.41. The van der Waals surface area contributed by atoms with Gasteiger partial charge in [-0.05, 0) is 43.3 Å². The smallest absolute Gasteiger partial charge is 0.261 e. The van der Waals surface area contributed by atoms with Gasteiger partial charge in [-0.15, -0.1) is 11.3 Å². The summed E-state index contributed by atoms with van der Waals surface area (Å²) in [6.45, 7) is 6.19. The molecule has 1 saturated heterocycles. The van der Waals surface area contributed by atoms with Gasteiger partial charge in [0, 0.05) is 48.7 Å². The minimum absolute atomic E-state index is 0.00729. The molecule has 0 spiro atoms. The number of anilines is 1. The Balaban J connectivity index is 1.08. The third-order valence-electron chi connectivity index (χ3n) is 6.28. The first-order chi connectivity index (χ1) is 16.2. The van der Waals surface area contributed by atoms with Crippen LogP contribution < -0.4 is 19.7 Å². The number of carbonyl (C=O) groups excluding carboxylic acids is 1. The molecule has 1 fully saturated rings. The predicted molar refractivity (Wildman–Crippen MR) is 133 cm³/mol. The van der Waals surface area contributed by atoms with Crippen LogP contribution in [-0.4, -0.2) is 57.2 Å². The van der Waals surface area contributed by atoms with E-state index in [9.17, 15) is 4.79 Å². The molecule has 0 bridgehead atoms. The summed E-state index contributed by atoms with van der Waals surface area (Å²) in [5.41, 5.74) is 3.34. The average molecular weight is 464 g/mol. The van der Waals surface area contributed by atoms with Gasteiger partial charge in [0.15, 0.2) is 0 Å². The fourth-order valence-corrected chi connectivity index (χ4v) is 5.62. The van der Waals surface area contributed by atoms with Crippen LogP contribution in [0.3, 0.4) is 0 Å². The molecule has 7 heteroatoms. The number of para-hydroxylation sites is 3. The number of fused-ring (bicyclic) bond motifs is 3. The Labute approximate surface area is 198 Å². The monoisotopic (exact) mass is 463 g/mol. The zero-order valence-electron chi connectivity index (χ0n) is 18.9. The van der Waals surface area contributed by atoms with E-state index in [4.69, 9.17) is 9.47 Å². The molecule has 3 heterocycles. The fraction of sp³-hybridized carbons (Fsp3) is 0.346. The predicted octanol–water partition coefficient (Wildman–Crippen LogP) is 4.26. The Bertz CT molecular complexity index is 1120. The molecule has 0 unspecified atom stereocenters. The minimum atomic E-state index is 0.00729. The summed E-state index contributed by atoms with van der Waals surface area (Å²) in [5, 5.41) is 3.10. The normalized spacial score (nSPS) is 15.4. The molecule has 0 aliphatic carbocycles. The second-order valence-electron chi connectivity index (χ2n) is 8.36. The highest BCUT2D eigenvalue weighted by atomic mass is 32.1. The van der Waals surface area contributed by atoms with Crippen molar-refractivity contribution in [2.24, 2.45) is 0 Å². The van der Waals surface area contributed by atoms with Crippen molar-refractivity contribution in [2.75, 3.05) is 51.3 Å². The molecule has 2 aromatic carbocycles. The fourth-order valence-electron chi connectivity index (χ4n) is 4.51. The molecule has 1 N–H and O–H groups in total. The van der Waals surface area contributed by atoms with E-state index in [2.05, 4.69) is 33.3 Å². The standard InChI is InChI=1S/C26H29N3O3S/c1-31-23-10-5-3-8-21(23)29-15-13-28(14-16-29)12-6-11-27-26(30)24-17-19-18-32-22-9-4-2-7-20(22)25(19)33-24/h2-5,7-10,17H,6,11-16,18H2,1H3,(H,27,30). The van der Waals surface area contributed by atoms with Gasteiger partial charge in [-0.3, -0.25) is 9.69 Å². The van der Waals surface area contributed by atoms with Crippen molar-refractivity contribution in [3.05, 3.63) is 65.0 Å². The molecule has 0 radical (unpaired) electrons. The first-order valence-corrected chi connectivity index (χ1v) is 12.3. The number of methoxy groups -OCH3 is 1. The first kappa shape index (κ1) is 21.8. The molecule has 0 atom stereocenters. The molecular formula is C26H29N3O3S. The molecule has 1 amide bonds. The van der Waals surface area contributed by atoms with E-state index in [0.717, 1.165) is 71.5 Å². The zero-order chi connectivity index (χ0) is 22.6. The summed E-state index contributed by atoms with van der Waals surface area (Å²) in [6.07, 6.45) is 0.942. The van der Waals surface area contributed by atoms with E-state index in [1.807, 2.05) is 36.4 Å². The Morgan fingerprint density at radius 2 is 1.88 bits per heavy atom. The highest BCUT2D eigenvalue weighted by Crippen LogP contribution is 2.42. The lowest BCUT2D eigenvalue weighted by molar-refractivity contribution is 0.0955. The van der Waals surface area contributed by atoms with Crippen LogP contribution in [0.4, 0.5) is 5.69 Å². The van der Waals surface area contributed by atoms with E-state index in [1.165, 1.54) is 5.69 Å². The number of ether oxygens (including phenoxy) is 2. The van der Waals surface area contributed by atoms with Crippen molar-refractivity contribution in [2.45, 2.75) is 13.0 Å². The Morgan fingerprint density at radius 1 is 1.09 bits per heavy atom. The van der Waals surface area contributed by atoms with Crippen molar-refractivity contribution in [3.8, 4) is 21.9 Å². The van der Waals surface area contributed by atoms with Gasteiger partial charge in [0.2, 0.25) is 0 Å². The van der Waals surface area contributed by atoms with Crippen LogP contribution in [0.25, 0.3) is 10.4 Å². The zero-order valence-corrected chi connectivity index (χ0v) is 19.7. The van der Waals surface area contributed by atoms with Crippen molar-refractivity contribution < 1.29 is 14.3 Å². The maximum Gasteiger partial charge on any atom is 0.261 e. The van der Waals surface area contributed by atoms with E-state index >= 15 is 0 Å². The van der Waals surface area contributed by atoms with Crippen LogP contribution in [-0.2, 0) is 6.61 Å². The number of nitrogens with one attached hydrogen (secondary N) is 1. The van der Waals surface area contributed by atoms with Gasteiger partial charge in [0.1, 0.15) is 18.1 Å². The highest BCUT2D eigenvalue weighted by Gasteiger charge is 2.23. The molecule has 1 aromatic heterocycles. The van der Waals surface area contributed by atoms with Gasteiger partial charge in [-0.2, -0.15) is 0 Å². The van der Waals surface area contributed by atoms with Crippen molar-refractivity contribution >= 4 is 22.9 Å². The van der Waals surface area contributed by atoms with Gasteiger partial charge in [0.25, 0.3) is 5.91 Å². The molecule has 2 aliphatic heterocycles. The van der Waals surface area contributed by atoms with Crippen LogP contribution in [0.2, 0.25) is 0 Å². The van der Waals surface area contributed by atoms with Crippen LogP contribution in [0.1, 0.15) is 21.7 Å². The molecule has 3 aromatic rings. The summed E-state index contributed by atoms with van der Waals surface area (Å²) in [7, 11) is 1.72. The number of thiophene rings is 1. The van der Waals surface area contributed by atoms with Crippen LogP contribution in [0, 0.1) is 0 Å². The van der Waals surface area contributed by atoms with Crippen LogP contribution in [0.5, 0.6) is 11.5 Å². The van der Waals surface area contributed by atoms with E-state index in [0.29, 0.717) is 13.2 Å². The van der Waals surface area contributed by atoms with E-state index < -0.39 is 0 Å². The summed E-state index contributed by atoms with van der Waals surface area (Å²) in [4.78, 5) is 19.5. The third kappa shape index (κ3) is 4.70. The maximum atomic E-state index is 12.7. The number of amides is 1. The first-order valence-electron chi connectivity index (χ1n) is 11.5. The number of rotatable bonds is 7. The van der Waals surface area contributed by atoms with Crippen molar-refractivity contribution in [1.82, 2.24) is 10.2 Å². The van der Waals surface area contributed by atoms with E-state index in [1.54, 1.807) is 18.4 Å². The van der Waals surface area contributed by atoms with Crippen LogP contribution >= 0.6 is 11.3 Å². The number of nitrogens with zero attached hydrogens (tertiary/aromatic N) is 2. The second kappa shape index (κ2) is 9.85. The molecule has 6 nitrogen and oxygen atoms in total. The SMILES string of the molecule is COc1ccccc1N1CCN(CCCNC(=O)c2cc3c(s2)-c2ccccc2OC3)CC1. The minimum Gasteiger partial charge on any atom is -0.495 e. The number of piperazine rings is 1. The van der Waals surface area contributed by atoms with Gasteiger partial charge < -0.3 is 19.7 Å². The summed E-state index contributed by atoms with van der Waals surface area (Å²) >= 11 is 1.56. The lowest BCUT2D eigenvalue weighted by atomic mass is 10.1. The molecule has 5 rings (SSSR count). The molecule has 0 saturated carbocycles. The third-order valence-corrected chi connectivity index (χ3v) is 7.49. The molecule has 2 aliphatic rings. The van der Waals surface area contributed by atoms with Gasteiger partial charge in [-0.25, -0.2) is 0 Å². The quantitative estimate of drug-likeness (QED) is 0.531. The maximum absolute atomic E-state index is 12.7. The van der Waals surface area contributed by atoms with Crippen LogP contribution in [0.15, 0.2) is 54.6 Å². The summed E-state index contributed by atoms with van der Waals surface area (Å²) in [5.74, 6) is 1.83. The van der Waals surface area contributed by atoms with Gasteiger partial charge >= 0.3 is 0 Å². The van der Waals surface area contributed by atoms with Gasteiger partial charge in [0.05, 0.1) is 17.7 Å². The molecular weight excluding hydrogens is 434 g/mol. The molecule has 172 valence electrons. The van der Waals surface area contributed by atoms with Gasteiger partial charge in [-0.1, -0.05) is 24.3 Å². The highest BCUT2D eigenvalue weighted by molar-refractivity contribution is 7.17. The van der Waals surface area contributed by atoms with Crippen molar-refractivity contribution in [1.29, 1.82) is 0 Å². The lowest BCUT2D eigenvalue weighted by Gasteiger charge is -2.36. The lowest BCUT2D eigenvalue weighted by Crippen LogP contribution is -2.47. The number of carbonyl (C=O) groups is 1. The van der Waals surface area contributed by atoms with Crippen molar-refractivity contribution in [3.63, 3.8) is 0 Å². The Hall–Kier alpha value is -3.03. The summed E-state index contributed by atoms with van der Waals surface area (Å²) in [6, 6.07) is 18.2. The Morgan fingerprint density at radius 3 is 2.73 bits per heavy atom. The Kier molecular flexibility index (Phi) is 6.51. The summed E-state index contributed by atoms with van der Waals surface area (Å²) < 4.78 is 11.3. The average Bonchev–Trinajstić information content (AvgIpc) is 3.32. The molecule has 33 heavy (non-hydrogen) atoms. The largest absolute Gasteiger partial charge is 0.495 e. The number of hydrogen-bond acceptors (Lipinski definition) is 6. The number of hydrogen-bond donors (Lipinski definition) is 1. The topological polar surface area (TPSA) is 54.0 Å². The number of benzene rings is 2.